The van der Waals surface area contributed by atoms with Crippen LogP contribution < -0.4 is 5.73 Å². The SMILES string of the molecule is CB(C)C(=N)N.CC(I)(I)I. The van der Waals surface area contributed by atoms with E-state index in [0.717, 1.165) is 0 Å². The van der Waals surface area contributed by atoms with Crippen LogP contribution in [0, 0.1) is 5.41 Å². The fourth-order valence-corrected chi connectivity index (χ4v) is 0. The molecule has 0 aromatic carbocycles. The van der Waals surface area contributed by atoms with Crippen LogP contribution in [0.1, 0.15) is 6.92 Å². The van der Waals surface area contributed by atoms with Crippen LogP contribution in [0.15, 0.2) is 0 Å². The van der Waals surface area contributed by atoms with Crippen LogP contribution in [0.3, 0.4) is 0 Å². The van der Waals surface area contributed by atoms with Crippen molar-refractivity contribution in [1.82, 2.24) is 0 Å². The molecule has 0 aliphatic heterocycles. The van der Waals surface area contributed by atoms with Gasteiger partial charge in [-0.05, 0) is 6.92 Å². The average molecular weight is 492 g/mol. The second-order valence-electron chi connectivity index (χ2n) is 2.39. The molecule has 0 unspecified atom stereocenters. The van der Waals surface area contributed by atoms with Gasteiger partial charge in [0.1, 0.15) is -0.565 Å². The number of nitrogens with one attached hydrogen (secondary N) is 1. The number of alkyl halides is 3. The molecule has 0 spiro atoms. The number of hydrogen-bond donors (Lipinski definition) is 2. The van der Waals surface area contributed by atoms with E-state index in [1.807, 2.05) is 13.6 Å². The van der Waals surface area contributed by atoms with E-state index in [2.05, 4.69) is 74.7 Å². The summed E-state index contributed by atoms with van der Waals surface area (Å²) in [5.41, 5.74) is 5.28. The molecule has 0 saturated heterocycles. The van der Waals surface area contributed by atoms with Crippen molar-refractivity contribution in [2.24, 2.45) is 5.73 Å². The van der Waals surface area contributed by atoms with Gasteiger partial charge in [0.05, 0.1) is 0 Å². The van der Waals surface area contributed by atoms with Gasteiger partial charge in [0.2, 0.25) is 6.71 Å². The van der Waals surface area contributed by atoms with Gasteiger partial charge in [0.25, 0.3) is 0 Å². The van der Waals surface area contributed by atoms with E-state index >= 15 is 0 Å². The predicted molar refractivity (Wildman–Crippen MR) is 79.9 cm³/mol. The summed E-state index contributed by atoms with van der Waals surface area (Å²) in [6, 6.07) is 0. The normalized spacial score (nSPS) is 9.64. The summed E-state index contributed by atoms with van der Waals surface area (Å²) in [6.07, 6.45) is 0. The topological polar surface area (TPSA) is 49.9 Å². The minimum atomic E-state index is 0.213. The van der Waals surface area contributed by atoms with Crippen molar-refractivity contribution >= 4 is 80.2 Å². The molecule has 3 N–H and O–H groups in total. The molecular weight excluding hydrogens is 480 g/mol. The highest BCUT2D eigenvalue weighted by Crippen LogP contribution is 2.33. The van der Waals surface area contributed by atoms with Gasteiger partial charge in [-0.2, -0.15) is 0 Å². The van der Waals surface area contributed by atoms with Gasteiger partial charge in [0.15, 0.2) is 0 Å². The highest BCUT2D eigenvalue weighted by atomic mass is 127. The Labute approximate surface area is 110 Å². The Hall–Kier alpha value is 1.72. The molecular formula is C5H12BI3N2. The van der Waals surface area contributed by atoms with Crippen LogP contribution in [-0.4, -0.2) is 11.9 Å². The lowest BCUT2D eigenvalue weighted by atomic mass is 9.54. The van der Waals surface area contributed by atoms with E-state index in [9.17, 15) is 0 Å². The second-order valence-corrected chi connectivity index (χ2v) is 15.1. The molecule has 0 aromatic heterocycles. The molecule has 66 valence electrons. The molecule has 0 atom stereocenters. The fourth-order valence-electron chi connectivity index (χ4n) is 0. The molecule has 0 heterocycles. The first-order chi connectivity index (χ1) is 4.64. The maximum Gasteiger partial charge on any atom is 0.214 e. The first-order valence-corrected chi connectivity index (χ1v) is 6.29. The Kier molecular flexibility index (Phi) is 9.90. The summed E-state index contributed by atoms with van der Waals surface area (Å²) in [4.78, 5) is 0. The van der Waals surface area contributed by atoms with Crippen LogP contribution in [0.25, 0.3) is 0 Å². The molecule has 0 saturated carbocycles. The van der Waals surface area contributed by atoms with E-state index in [0.29, 0.717) is -0.565 Å². The molecule has 6 heteroatoms. The Morgan fingerprint density at radius 1 is 1.36 bits per heavy atom. The van der Waals surface area contributed by atoms with Crippen molar-refractivity contribution < 1.29 is 0 Å². The monoisotopic (exact) mass is 492 g/mol. The van der Waals surface area contributed by atoms with E-state index in [4.69, 9.17) is 11.1 Å². The lowest BCUT2D eigenvalue weighted by molar-refractivity contribution is 1.49. The molecule has 0 aromatic rings. The highest BCUT2D eigenvalue weighted by Gasteiger charge is 2.04. The van der Waals surface area contributed by atoms with Crippen LogP contribution in [-0.2, 0) is 0 Å². The first kappa shape index (κ1) is 15.2. The summed E-state index contributed by atoms with van der Waals surface area (Å²) in [5.74, 6) is 0. The van der Waals surface area contributed by atoms with Crippen molar-refractivity contribution in [2.45, 2.75) is 20.0 Å². The molecule has 0 bridgehead atoms. The van der Waals surface area contributed by atoms with E-state index in [-0.39, 0.29) is 12.4 Å². The summed E-state index contributed by atoms with van der Waals surface area (Å²) in [7, 11) is 0. The standard InChI is InChI=1S/C3H9BN2.C2H3I3/c1-4(2)3(5)6;1-2(3,4)5/h1-2H3,(H3,5,6);1H3. The van der Waals surface area contributed by atoms with Crippen molar-refractivity contribution in [1.29, 1.82) is 5.41 Å². The van der Waals surface area contributed by atoms with Gasteiger partial charge in [-0.25, -0.2) is 0 Å². The van der Waals surface area contributed by atoms with Gasteiger partial charge in [-0.1, -0.05) is 81.4 Å². The molecule has 0 aliphatic rings. The van der Waals surface area contributed by atoms with Gasteiger partial charge < -0.3 is 5.73 Å². The average Bonchev–Trinajstić information content (AvgIpc) is 1.59. The van der Waals surface area contributed by atoms with E-state index in [1.54, 1.807) is 0 Å². The van der Waals surface area contributed by atoms with Crippen molar-refractivity contribution in [2.75, 3.05) is 0 Å². The minimum absolute atomic E-state index is 0.213. The van der Waals surface area contributed by atoms with Gasteiger partial charge in [0, 0.05) is 5.73 Å². The smallest absolute Gasteiger partial charge is 0.214 e. The Morgan fingerprint density at radius 2 is 1.45 bits per heavy atom. The summed E-state index contributed by atoms with van der Waals surface area (Å²) < 4.78 is 0.410. The maximum atomic E-state index is 6.73. The number of nitrogens with two attached hydrogens (primary N) is 1. The zero-order valence-corrected chi connectivity index (χ0v) is 13.3. The summed E-state index contributed by atoms with van der Waals surface area (Å²) >= 11 is 7.05. The molecule has 2 nitrogen and oxygen atoms in total. The number of halogens is 3. The lowest BCUT2D eigenvalue weighted by Gasteiger charge is -1.96. The summed E-state index contributed by atoms with van der Waals surface area (Å²) in [6.45, 7) is 6.14. The molecule has 0 amide bonds. The molecule has 11 heavy (non-hydrogen) atoms. The Morgan fingerprint density at radius 3 is 1.45 bits per heavy atom. The molecule has 0 rings (SSSR count). The molecule has 0 radical (unpaired) electrons. The van der Waals surface area contributed by atoms with E-state index in [1.165, 1.54) is 0 Å². The zero-order chi connectivity index (χ0) is 9.65. The minimum Gasteiger partial charge on any atom is -0.396 e. The van der Waals surface area contributed by atoms with Crippen molar-refractivity contribution in [3.63, 3.8) is 0 Å². The maximum absolute atomic E-state index is 6.73. The fraction of sp³-hybridized carbons (Fsp3) is 0.800. The third-order valence-electron chi connectivity index (χ3n) is 0.622. The quantitative estimate of drug-likeness (QED) is 0.191. The van der Waals surface area contributed by atoms with E-state index < -0.39 is 0 Å². The van der Waals surface area contributed by atoms with Crippen molar-refractivity contribution in [3.05, 3.63) is 0 Å². The Bertz CT molecular complexity index is 115. The predicted octanol–water partition coefficient (Wildman–Crippen LogP) is 3.18. The van der Waals surface area contributed by atoms with Gasteiger partial charge in [-0.15, -0.1) is 0 Å². The third-order valence-corrected chi connectivity index (χ3v) is 0.622. The van der Waals surface area contributed by atoms with Crippen LogP contribution in [0.5, 0.6) is 0 Å². The highest BCUT2D eigenvalue weighted by molar-refractivity contribution is 14.3. The largest absolute Gasteiger partial charge is 0.396 e. The number of amidine groups is 1. The zero-order valence-electron chi connectivity index (χ0n) is 6.79. The molecule has 0 aliphatic carbocycles. The van der Waals surface area contributed by atoms with Gasteiger partial charge >= 0.3 is 0 Å². The number of hydrogen-bond acceptors (Lipinski definition) is 1. The number of rotatable bonds is 1. The third kappa shape index (κ3) is 33.8. The van der Waals surface area contributed by atoms with Gasteiger partial charge in [-0.3, -0.25) is 5.41 Å². The summed E-state index contributed by atoms with van der Waals surface area (Å²) in [5, 5.41) is 6.73. The molecule has 0 fully saturated rings. The first-order valence-electron chi connectivity index (χ1n) is 3.05. The van der Waals surface area contributed by atoms with Crippen LogP contribution >= 0.6 is 67.8 Å². The second kappa shape index (κ2) is 7.16. The van der Waals surface area contributed by atoms with Crippen LogP contribution in [0.2, 0.25) is 13.6 Å². The Balaban J connectivity index is 0. The lowest BCUT2D eigenvalue weighted by Crippen LogP contribution is -2.25. The van der Waals surface area contributed by atoms with Crippen molar-refractivity contribution in [3.8, 4) is 0 Å². The van der Waals surface area contributed by atoms with Crippen LogP contribution in [0.4, 0.5) is 0 Å².